The largest absolute Gasteiger partial charge is 0.516 e. The molecule has 0 aliphatic carbocycles. The predicted molar refractivity (Wildman–Crippen MR) is 106 cm³/mol. The molecule has 0 bridgehead atoms. The minimum atomic E-state index is -1.72. The number of carbonyl (C=O) groups excluding carboxylic acids is 2. The Morgan fingerprint density at radius 3 is 2.19 bits per heavy atom. The molecule has 0 radical (unpaired) electrons. The van der Waals surface area contributed by atoms with Crippen LogP contribution in [-0.4, -0.2) is 87.3 Å². The third kappa shape index (κ3) is 4.60. The van der Waals surface area contributed by atoms with Crippen LogP contribution in [0.1, 0.15) is 58.0 Å². The molecule has 5 N–H and O–H groups in total. The molecule has 5 atom stereocenters. The molecule has 1 aromatic heterocycles. The molecule has 0 amide bonds. The Hall–Kier alpha value is -2.44. The molecule has 2 rings (SSSR count). The van der Waals surface area contributed by atoms with Crippen molar-refractivity contribution in [2.24, 2.45) is 0 Å². The number of rotatable bonds is 8. The van der Waals surface area contributed by atoms with Crippen LogP contribution in [0.4, 0.5) is 0 Å². The molecule has 1 aliphatic heterocycles. The fourth-order valence-electron chi connectivity index (χ4n) is 3.70. The first kappa shape index (κ1) is 24.8. The number of ether oxygens (including phenoxy) is 3. The van der Waals surface area contributed by atoms with E-state index in [-0.39, 0.29) is 29.1 Å². The van der Waals surface area contributed by atoms with E-state index < -0.39 is 49.1 Å². The van der Waals surface area contributed by atoms with E-state index in [0.717, 1.165) is 26.7 Å². The average molecular weight is 443 g/mol. The number of aliphatic hydroxyl groups excluding tert-OH is 5. The van der Waals surface area contributed by atoms with Crippen LogP contribution in [0, 0.1) is 0 Å². The summed E-state index contributed by atoms with van der Waals surface area (Å²) in [5, 5.41) is 50.0. The summed E-state index contributed by atoms with van der Waals surface area (Å²) in [6.07, 6.45) is -4.69. The summed E-state index contributed by atoms with van der Waals surface area (Å²) in [7, 11) is 2.28. The normalized spacial score (nSPS) is 26.2. The van der Waals surface area contributed by atoms with Crippen molar-refractivity contribution in [2.45, 2.75) is 56.8 Å². The molecule has 11 nitrogen and oxygen atoms in total. The summed E-state index contributed by atoms with van der Waals surface area (Å²) < 4.78 is 16.7. The Bertz CT molecular complexity index is 815. The molecule has 5 unspecified atom stereocenters. The molecule has 174 valence electrons. The van der Waals surface area contributed by atoms with Crippen molar-refractivity contribution in [2.75, 3.05) is 20.8 Å². The molecule has 1 fully saturated rings. The first-order chi connectivity index (χ1) is 14.8. The Balaban J connectivity index is 2.87. The predicted octanol–water partition coefficient (Wildman–Crippen LogP) is -0.0950. The van der Waals surface area contributed by atoms with Gasteiger partial charge in [-0.2, -0.15) is 0 Å². The molecular formula is C20H29NO10. The van der Waals surface area contributed by atoms with Crippen LogP contribution < -0.4 is 0 Å². The van der Waals surface area contributed by atoms with Crippen LogP contribution in [-0.2, 0) is 20.8 Å². The van der Waals surface area contributed by atoms with Gasteiger partial charge < -0.3 is 44.3 Å². The standard InChI is InChI=1S/C20H29NO10/c1-4-5-7-21-13(19(27)29-2)10(6-8-22)12(14(21)20(28)30-3)18-17(26)16(25)15(24)11(9-23)31-18/h6,8,11,15-18,22-26H,4-5,7,9H2,1-3H3. The fourth-order valence-corrected chi connectivity index (χ4v) is 3.70. The van der Waals surface area contributed by atoms with Crippen LogP contribution in [0.25, 0.3) is 6.08 Å². The molecule has 1 saturated heterocycles. The van der Waals surface area contributed by atoms with Crippen molar-refractivity contribution >= 4 is 18.0 Å². The van der Waals surface area contributed by atoms with E-state index in [2.05, 4.69) is 0 Å². The lowest BCUT2D eigenvalue weighted by atomic mass is 9.89. The van der Waals surface area contributed by atoms with E-state index in [4.69, 9.17) is 14.2 Å². The van der Waals surface area contributed by atoms with Gasteiger partial charge in [0.05, 0.1) is 27.1 Å². The first-order valence-corrected chi connectivity index (χ1v) is 9.83. The SMILES string of the molecule is CCCCn1c(C(=O)OC)c(C=CO)c(C2OC(CO)C(O)C(O)C2O)c1C(=O)OC. The smallest absolute Gasteiger partial charge is 0.355 e. The second kappa shape index (κ2) is 10.7. The van der Waals surface area contributed by atoms with Crippen molar-refractivity contribution in [3.63, 3.8) is 0 Å². The lowest BCUT2D eigenvalue weighted by Crippen LogP contribution is -2.55. The molecule has 2 heterocycles. The minimum Gasteiger partial charge on any atom is -0.516 e. The Morgan fingerprint density at radius 2 is 1.68 bits per heavy atom. The minimum absolute atomic E-state index is 0.00943. The van der Waals surface area contributed by atoms with Gasteiger partial charge >= 0.3 is 11.9 Å². The van der Waals surface area contributed by atoms with Gasteiger partial charge in [0, 0.05) is 17.7 Å². The molecule has 0 spiro atoms. The average Bonchev–Trinajstić information content (AvgIpc) is 3.09. The van der Waals surface area contributed by atoms with Crippen LogP contribution in [0.3, 0.4) is 0 Å². The van der Waals surface area contributed by atoms with Gasteiger partial charge in [-0.1, -0.05) is 13.3 Å². The number of methoxy groups -OCH3 is 2. The monoisotopic (exact) mass is 443 g/mol. The highest BCUT2D eigenvalue weighted by Crippen LogP contribution is 2.40. The zero-order valence-electron chi connectivity index (χ0n) is 17.6. The van der Waals surface area contributed by atoms with Gasteiger partial charge in [0.15, 0.2) is 0 Å². The van der Waals surface area contributed by atoms with E-state index in [0.29, 0.717) is 12.7 Å². The van der Waals surface area contributed by atoms with E-state index in [9.17, 15) is 35.1 Å². The second-order valence-electron chi connectivity index (χ2n) is 7.08. The Labute approximate surface area is 179 Å². The number of hydrogen-bond donors (Lipinski definition) is 5. The fraction of sp³-hybridized carbons (Fsp3) is 0.600. The third-order valence-electron chi connectivity index (χ3n) is 5.25. The highest BCUT2D eigenvalue weighted by atomic mass is 16.5. The topological polar surface area (TPSA) is 168 Å². The van der Waals surface area contributed by atoms with Gasteiger partial charge in [0.25, 0.3) is 0 Å². The van der Waals surface area contributed by atoms with Crippen LogP contribution in [0.15, 0.2) is 6.26 Å². The number of nitrogens with zero attached hydrogens (tertiary/aromatic N) is 1. The zero-order chi connectivity index (χ0) is 23.3. The number of unbranched alkanes of at least 4 members (excludes halogenated alkanes) is 1. The maximum atomic E-state index is 12.8. The summed E-state index contributed by atoms with van der Waals surface area (Å²) in [6.45, 7) is 1.43. The Kier molecular flexibility index (Phi) is 8.60. The molecule has 1 aromatic rings. The van der Waals surface area contributed by atoms with Crippen molar-refractivity contribution in [3.8, 4) is 0 Å². The van der Waals surface area contributed by atoms with Crippen LogP contribution in [0.5, 0.6) is 0 Å². The summed E-state index contributed by atoms with van der Waals surface area (Å²) in [6, 6.07) is 0. The molecule has 0 saturated carbocycles. The van der Waals surface area contributed by atoms with E-state index in [1.807, 2.05) is 6.92 Å². The third-order valence-corrected chi connectivity index (χ3v) is 5.25. The molecule has 0 aromatic carbocycles. The van der Waals surface area contributed by atoms with E-state index in [1.54, 1.807) is 0 Å². The zero-order valence-corrected chi connectivity index (χ0v) is 17.6. The lowest BCUT2D eigenvalue weighted by Gasteiger charge is -2.40. The van der Waals surface area contributed by atoms with Crippen molar-refractivity contribution in [3.05, 3.63) is 28.8 Å². The van der Waals surface area contributed by atoms with E-state index >= 15 is 0 Å². The molecular weight excluding hydrogens is 414 g/mol. The second-order valence-corrected chi connectivity index (χ2v) is 7.08. The van der Waals surface area contributed by atoms with Crippen molar-refractivity contribution in [1.29, 1.82) is 0 Å². The Morgan fingerprint density at radius 1 is 1.06 bits per heavy atom. The molecule has 11 heteroatoms. The maximum Gasteiger partial charge on any atom is 0.355 e. The molecule has 31 heavy (non-hydrogen) atoms. The van der Waals surface area contributed by atoms with Crippen LogP contribution >= 0.6 is 0 Å². The summed E-state index contributed by atoms with van der Waals surface area (Å²) in [5.74, 6) is -1.67. The molecule has 1 aliphatic rings. The quantitative estimate of drug-likeness (QED) is 0.270. The van der Waals surface area contributed by atoms with E-state index in [1.165, 1.54) is 4.57 Å². The van der Waals surface area contributed by atoms with Crippen molar-refractivity contribution in [1.82, 2.24) is 4.57 Å². The number of aromatic nitrogens is 1. The number of esters is 2. The lowest BCUT2D eigenvalue weighted by molar-refractivity contribution is -0.231. The van der Waals surface area contributed by atoms with Gasteiger partial charge in [-0.3, -0.25) is 0 Å². The van der Waals surface area contributed by atoms with Gasteiger partial charge in [0.1, 0.15) is 41.9 Å². The van der Waals surface area contributed by atoms with Gasteiger partial charge in [0.2, 0.25) is 0 Å². The van der Waals surface area contributed by atoms with Crippen LogP contribution in [0.2, 0.25) is 0 Å². The highest BCUT2D eigenvalue weighted by molar-refractivity contribution is 5.99. The summed E-state index contributed by atoms with van der Waals surface area (Å²) >= 11 is 0. The van der Waals surface area contributed by atoms with Crippen molar-refractivity contribution < 1.29 is 49.3 Å². The summed E-state index contributed by atoms with van der Waals surface area (Å²) in [5.41, 5.74) is -0.275. The summed E-state index contributed by atoms with van der Waals surface area (Å²) in [4.78, 5) is 25.4. The van der Waals surface area contributed by atoms with Gasteiger partial charge in [-0.05, 0) is 12.5 Å². The highest BCUT2D eigenvalue weighted by Gasteiger charge is 2.47. The first-order valence-electron chi connectivity index (χ1n) is 9.83. The number of hydrogen-bond acceptors (Lipinski definition) is 10. The van der Waals surface area contributed by atoms with Gasteiger partial charge in [-0.25, -0.2) is 9.59 Å². The van der Waals surface area contributed by atoms with Gasteiger partial charge in [-0.15, -0.1) is 0 Å². The maximum absolute atomic E-state index is 12.8. The number of aliphatic hydroxyl groups is 5. The number of carbonyl (C=O) groups is 2.